The van der Waals surface area contributed by atoms with Gasteiger partial charge in [-0.25, -0.2) is 0 Å². The SMILES string of the molecule is CC1(C)C/C(=N/O)C[C@](C)(S(=O)(=O)O)C1. The van der Waals surface area contributed by atoms with E-state index in [1.165, 1.54) is 6.92 Å². The average Bonchev–Trinajstić information content (AvgIpc) is 1.98. The number of hydrogen-bond donors (Lipinski definition) is 2. The van der Waals surface area contributed by atoms with Gasteiger partial charge < -0.3 is 5.21 Å². The summed E-state index contributed by atoms with van der Waals surface area (Å²) in [5.41, 5.74) is 0.135. The van der Waals surface area contributed by atoms with E-state index in [9.17, 15) is 13.0 Å². The highest BCUT2D eigenvalue weighted by atomic mass is 32.2. The molecule has 1 aliphatic rings. The molecule has 0 amide bonds. The van der Waals surface area contributed by atoms with Gasteiger partial charge in [-0.15, -0.1) is 0 Å². The zero-order chi connectivity index (χ0) is 11.9. The van der Waals surface area contributed by atoms with Crippen LogP contribution in [0.4, 0.5) is 0 Å². The van der Waals surface area contributed by atoms with E-state index in [-0.39, 0.29) is 11.8 Å². The molecule has 0 spiro atoms. The van der Waals surface area contributed by atoms with Gasteiger partial charge in [-0.05, 0) is 25.2 Å². The third-order valence-corrected chi connectivity index (χ3v) is 4.41. The van der Waals surface area contributed by atoms with Crippen LogP contribution in [0.5, 0.6) is 0 Å². The summed E-state index contributed by atoms with van der Waals surface area (Å²) in [5.74, 6) is 0. The Labute approximate surface area is 89.9 Å². The maximum atomic E-state index is 11.3. The second kappa shape index (κ2) is 3.45. The predicted octanol–water partition coefficient (Wildman–Crippen LogP) is 1.67. The molecular formula is C9H17NO4S. The molecule has 6 heteroatoms. The van der Waals surface area contributed by atoms with Crippen molar-refractivity contribution in [2.45, 2.75) is 44.8 Å². The van der Waals surface area contributed by atoms with E-state index in [0.717, 1.165) is 0 Å². The fourth-order valence-electron chi connectivity index (χ4n) is 2.44. The lowest BCUT2D eigenvalue weighted by atomic mass is 9.71. The van der Waals surface area contributed by atoms with Crippen molar-refractivity contribution in [1.82, 2.24) is 0 Å². The Morgan fingerprint density at radius 3 is 2.20 bits per heavy atom. The first-order valence-corrected chi connectivity index (χ1v) is 6.21. The van der Waals surface area contributed by atoms with Crippen LogP contribution in [0.2, 0.25) is 0 Å². The third-order valence-electron chi connectivity index (χ3n) is 2.88. The van der Waals surface area contributed by atoms with Crippen molar-refractivity contribution in [3.63, 3.8) is 0 Å². The van der Waals surface area contributed by atoms with E-state index in [1.54, 1.807) is 0 Å². The van der Waals surface area contributed by atoms with Crippen molar-refractivity contribution in [2.24, 2.45) is 10.6 Å². The van der Waals surface area contributed by atoms with Gasteiger partial charge >= 0.3 is 0 Å². The minimum Gasteiger partial charge on any atom is -0.411 e. The van der Waals surface area contributed by atoms with Gasteiger partial charge in [0.2, 0.25) is 0 Å². The summed E-state index contributed by atoms with van der Waals surface area (Å²) >= 11 is 0. The Balaban J connectivity index is 3.14. The first kappa shape index (κ1) is 12.4. The molecule has 15 heavy (non-hydrogen) atoms. The summed E-state index contributed by atoms with van der Waals surface area (Å²) in [4.78, 5) is 0. The van der Waals surface area contributed by atoms with Crippen molar-refractivity contribution >= 4 is 15.8 Å². The van der Waals surface area contributed by atoms with Gasteiger partial charge in [0.05, 0.1) is 5.71 Å². The summed E-state index contributed by atoms with van der Waals surface area (Å²) in [7, 11) is -4.13. The van der Waals surface area contributed by atoms with E-state index >= 15 is 0 Å². The normalized spacial score (nSPS) is 34.3. The largest absolute Gasteiger partial charge is 0.411 e. The molecule has 0 aromatic rings. The molecule has 0 aromatic carbocycles. The summed E-state index contributed by atoms with van der Waals surface area (Å²) in [6.45, 7) is 5.26. The summed E-state index contributed by atoms with van der Waals surface area (Å²) in [5, 5.41) is 11.8. The van der Waals surface area contributed by atoms with Crippen molar-refractivity contribution in [2.75, 3.05) is 0 Å². The smallest absolute Gasteiger partial charge is 0.270 e. The minimum absolute atomic E-state index is 0.0891. The van der Waals surface area contributed by atoms with Crippen molar-refractivity contribution in [1.29, 1.82) is 0 Å². The topological polar surface area (TPSA) is 87.0 Å². The molecule has 88 valence electrons. The second-order valence-corrected chi connectivity index (χ2v) is 7.22. The molecule has 2 N–H and O–H groups in total. The highest BCUT2D eigenvalue weighted by molar-refractivity contribution is 7.87. The van der Waals surface area contributed by atoms with E-state index in [2.05, 4.69) is 5.16 Å². The second-order valence-electron chi connectivity index (χ2n) is 5.29. The Bertz CT molecular complexity index is 385. The molecule has 0 saturated heterocycles. The third kappa shape index (κ3) is 2.49. The first-order chi connectivity index (χ1) is 6.60. The zero-order valence-corrected chi connectivity index (χ0v) is 10.0. The van der Waals surface area contributed by atoms with Crippen LogP contribution in [0.25, 0.3) is 0 Å². The van der Waals surface area contributed by atoms with Crippen LogP contribution in [0.15, 0.2) is 5.16 Å². The molecule has 0 aromatic heterocycles. The fourth-order valence-corrected chi connectivity index (χ4v) is 3.36. The number of hydrogen-bond acceptors (Lipinski definition) is 4. The highest BCUT2D eigenvalue weighted by Crippen LogP contribution is 2.43. The molecule has 0 radical (unpaired) electrons. The molecule has 0 bridgehead atoms. The summed E-state index contributed by atoms with van der Waals surface area (Å²) < 4.78 is 30.5. The van der Waals surface area contributed by atoms with Gasteiger partial charge in [0, 0.05) is 6.42 Å². The van der Waals surface area contributed by atoms with Crippen LogP contribution in [0.3, 0.4) is 0 Å². The zero-order valence-electron chi connectivity index (χ0n) is 9.19. The molecule has 1 rings (SSSR count). The van der Waals surface area contributed by atoms with Crippen LogP contribution in [-0.4, -0.2) is 28.6 Å². The van der Waals surface area contributed by atoms with E-state index in [0.29, 0.717) is 18.6 Å². The van der Waals surface area contributed by atoms with E-state index in [4.69, 9.17) is 5.21 Å². The van der Waals surface area contributed by atoms with Gasteiger partial charge in [0.25, 0.3) is 10.1 Å². The van der Waals surface area contributed by atoms with Gasteiger partial charge in [-0.3, -0.25) is 4.55 Å². The molecule has 5 nitrogen and oxygen atoms in total. The molecule has 0 heterocycles. The number of rotatable bonds is 1. The van der Waals surface area contributed by atoms with Crippen molar-refractivity contribution < 1.29 is 18.2 Å². The van der Waals surface area contributed by atoms with Gasteiger partial charge in [-0.1, -0.05) is 19.0 Å². The van der Waals surface area contributed by atoms with Crippen molar-refractivity contribution in [3.05, 3.63) is 0 Å². The number of oxime groups is 1. The highest BCUT2D eigenvalue weighted by Gasteiger charge is 2.47. The predicted molar refractivity (Wildman–Crippen MR) is 56.8 cm³/mol. The molecule has 1 aliphatic carbocycles. The van der Waals surface area contributed by atoms with Gasteiger partial charge in [-0.2, -0.15) is 8.42 Å². The van der Waals surface area contributed by atoms with Crippen LogP contribution < -0.4 is 0 Å². The Morgan fingerprint density at radius 2 is 1.80 bits per heavy atom. The first-order valence-electron chi connectivity index (χ1n) is 4.76. The fraction of sp³-hybridized carbons (Fsp3) is 0.889. The van der Waals surface area contributed by atoms with Gasteiger partial charge in [0.15, 0.2) is 0 Å². The average molecular weight is 235 g/mol. The van der Waals surface area contributed by atoms with E-state index in [1.807, 2.05) is 13.8 Å². The Morgan fingerprint density at radius 1 is 1.27 bits per heavy atom. The molecule has 1 fully saturated rings. The van der Waals surface area contributed by atoms with Gasteiger partial charge in [0.1, 0.15) is 4.75 Å². The molecule has 0 aliphatic heterocycles. The minimum atomic E-state index is -4.13. The lowest BCUT2D eigenvalue weighted by Crippen LogP contribution is -2.46. The van der Waals surface area contributed by atoms with E-state index < -0.39 is 14.9 Å². The van der Waals surface area contributed by atoms with Crippen LogP contribution in [-0.2, 0) is 10.1 Å². The lowest BCUT2D eigenvalue weighted by molar-refractivity contribution is 0.250. The quantitative estimate of drug-likeness (QED) is 0.411. The summed E-state index contributed by atoms with van der Waals surface area (Å²) in [6, 6.07) is 0. The van der Waals surface area contributed by atoms with Crippen LogP contribution >= 0.6 is 0 Å². The maximum absolute atomic E-state index is 11.3. The molecule has 0 unspecified atom stereocenters. The Kier molecular flexibility index (Phi) is 2.86. The Hall–Kier alpha value is -0.620. The standard InChI is InChI=1S/C9H17NO4S/c1-8(2)4-7(10-11)5-9(3,6-8)15(12,13)14/h11H,4-6H2,1-3H3,(H,12,13,14)/b10-7-/t9-/m0/s1. The van der Waals surface area contributed by atoms with Crippen LogP contribution in [0.1, 0.15) is 40.0 Å². The lowest BCUT2D eigenvalue weighted by Gasteiger charge is -2.40. The van der Waals surface area contributed by atoms with Crippen molar-refractivity contribution in [3.8, 4) is 0 Å². The number of nitrogens with zero attached hydrogens (tertiary/aromatic N) is 1. The summed E-state index contributed by atoms with van der Waals surface area (Å²) in [6.07, 6.45) is 0.998. The van der Waals surface area contributed by atoms with Crippen LogP contribution in [0, 0.1) is 5.41 Å². The molecule has 1 atom stereocenters. The molecular weight excluding hydrogens is 218 g/mol. The monoisotopic (exact) mass is 235 g/mol. The molecule has 1 saturated carbocycles. The maximum Gasteiger partial charge on any atom is 0.270 e.